The van der Waals surface area contributed by atoms with Crippen molar-refractivity contribution in [1.29, 1.82) is 0 Å². The van der Waals surface area contributed by atoms with Crippen molar-refractivity contribution in [3.05, 3.63) is 5.82 Å². The van der Waals surface area contributed by atoms with Gasteiger partial charge in [-0.2, -0.15) is 4.80 Å². The molecule has 0 spiro atoms. The molecule has 1 N–H and O–H groups in total. The molecule has 8 nitrogen and oxygen atoms in total. The SMILES string of the molecule is Cn1nnc(CN2CCOC(CC(=O)O)C2)n1. The molecule has 17 heavy (non-hydrogen) atoms. The summed E-state index contributed by atoms with van der Waals surface area (Å²) in [7, 11) is 1.71. The maximum absolute atomic E-state index is 10.6. The maximum Gasteiger partial charge on any atom is 0.306 e. The summed E-state index contributed by atoms with van der Waals surface area (Å²) in [5.41, 5.74) is 0. The third kappa shape index (κ3) is 3.46. The van der Waals surface area contributed by atoms with Gasteiger partial charge in [-0.05, 0) is 5.21 Å². The predicted molar refractivity (Wildman–Crippen MR) is 56.1 cm³/mol. The van der Waals surface area contributed by atoms with Gasteiger partial charge in [-0.3, -0.25) is 9.69 Å². The van der Waals surface area contributed by atoms with Gasteiger partial charge in [0.1, 0.15) is 0 Å². The first kappa shape index (κ1) is 11.9. The number of morpholine rings is 1. The first-order chi connectivity index (χ1) is 8.13. The summed E-state index contributed by atoms with van der Waals surface area (Å²) < 4.78 is 5.38. The summed E-state index contributed by atoms with van der Waals surface area (Å²) in [5, 5.41) is 20.4. The van der Waals surface area contributed by atoms with E-state index < -0.39 is 5.97 Å². The minimum absolute atomic E-state index is 0.0321. The van der Waals surface area contributed by atoms with Crippen molar-refractivity contribution < 1.29 is 14.6 Å². The smallest absolute Gasteiger partial charge is 0.306 e. The third-order valence-electron chi connectivity index (χ3n) is 2.54. The molecule has 0 saturated carbocycles. The van der Waals surface area contributed by atoms with Gasteiger partial charge in [-0.1, -0.05) is 0 Å². The molecule has 94 valence electrons. The lowest BCUT2D eigenvalue weighted by Gasteiger charge is -2.31. The highest BCUT2D eigenvalue weighted by Gasteiger charge is 2.23. The molecular formula is C9H15N5O3. The average Bonchev–Trinajstić information content (AvgIpc) is 2.63. The van der Waals surface area contributed by atoms with Crippen LogP contribution in [0.3, 0.4) is 0 Å². The van der Waals surface area contributed by atoms with Gasteiger partial charge in [-0.25, -0.2) is 0 Å². The molecule has 0 aliphatic carbocycles. The number of aliphatic carboxylic acids is 1. The number of aryl methyl sites for hydroxylation is 1. The van der Waals surface area contributed by atoms with Gasteiger partial charge in [0.05, 0.1) is 32.7 Å². The van der Waals surface area contributed by atoms with Crippen LogP contribution in [0.4, 0.5) is 0 Å². The van der Waals surface area contributed by atoms with Crippen molar-refractivity contribution >= 4 is 5.97 Å². The van der Waals surface area contributed by atoms with Crippen LogP contribution in [-0.2, 0) is 23.1 Å². The van der Waals surface area contributed by atoms with Gasteiger partial charge >= 0.3 is 5.97 Å². The number of rotatable bonds is 4. The van der Waals surface area contributed by atoms with E-state index in [0.717, 1.165) is 6.54 Å². The van der Waals surface area contributed by atoms with E-state index in [4.69, 9.17) is 9.84 Å². The van der Waals surface area contributed by atoms with E-state index in [-0.39, 0.29) is 12.5 Å². The summed E-state index contributed by atoms with van der Waals surface area (Å²) in [6.07, 6.45) is -0.220. The summed E-state index contributed by atoms with van der Waals surface area (Å²) in [6, 6.07) is 0. The van der Waals surface area contributed by atoms with E-state index in [1.54, 1.807) is 7.05 Å². The number of tetrazole rings is 1. The van der Waals surface area contributed by atoms with Crippen LogP contribution in [0.15, 0.2) is 0 Å². The molecule has 2 rings (SSSR count). The normalized spacial score (nSPS) is 21.6. The first-order valence-electron chi connectivity index (χ1n) is 5.42. The third-order valence-corrected chi connectivity index (χ3v) is 2.54. The number of hydrogen-bond donors (Lipinski definition) is 1. The molecule has 1 saturated heterocycles. The van der Waals surface area contributed by atoms with Crippen LogP contribution in [-0.4, -0.2) is 62.0 Å². The lowest BCUT2D eigenvalue weighted by molar-refractivity contribution is -0.142. The molecule has 1 aliphatic rings. The van der Waals surface area contributed by atoms with Crippen LogP contribution in [0.5, 0.6) is 0 Å². The second kappa shape index (κ2) is 5.19. The Kier molecular flexibility index (Phi) is 3.64. The second-order valence-corrected chi connectivity index (χ2v) is 4.02. The number of carboxylic acids is 1. The fraction of sp³-hybridized carbons (Fsp3) is 0.778. The van der Waals surface area contributed by atoms with Crippen LogP contribution in [0.25, 0.3) is 0 Å². The molecule has 0 aromatic carbocycles. The fourth-order valence-electron chi connectivity index (χ4n) is 1.83. The summed E-state index contributed by atoms with van der Waals surface area (Å²) in [6.45, 7) is 2.46. The first-order valence-corrected chi connectivity index (χ1v) is 5.42. The van der Waals surface area contributed by atoms with E-state index in [0.29, 0.717) is 25.5 Å². The number of ether oxygens (including phenoxy) is 1. The molecule has 1 unspecified atom stereocenters. The van der Waals surface area contributed by atoms with Crippen molar-refractivity contribution in [3.8, 4) is 0 Å². The molecular weight excluding hydrogens is 226 g/mol. The van der Waals surface area contributed by atoms with E-state index in [1.165, 1.54) is 4.80 Å². The number of nitrogens with zero attached hydrogens (tertiary/aromatic N) is 5. The zero-order chi connectivity index (χ0) is 12.3. The number of hydrogen-bond acceptors (Lipinski definition) is 6. The summed E-state index contributed by atoms with van der Waals surface area (Å²) in [4.78, 5) is 14.1. The van der Waals surface area contributed by atoms with Crippen molar-refractivity contribution in [2.24, 2.45) is 7.05 Å². The number of carbonyl (C=O) groups is 1. The molecule has 0 bridgehead atoms. The molecule has 0 radical (unpaired) electrons. The Morgan fingerprint density at radius 2 is 2.47 bits per heavy atom. The fourth-order valence-corrected chi connectivity index (χ4v) is 1.83. The van der Waals surface area contributed by atoms with Gasteiger partial charge in [0.2, 0.25) is 0 Å². The molecule has 1 aromatic heterocycles. The number of aromatic nitrogens is 4. The van der Waals surface area contributed by atoms with Gasteiger partial charge in [0, 0.05) is 13.1 Å². The minimum atomic E-state index is -0.838. The van der Waals surface area contributed by atoms with Gasteiger partial charge in [-0.15, -0.1) is 10.2 Å². The molecule has 1 aliphatic heterocycles. The van der Waals surface area contributed by atoms with Gasteiger partial charge in [0.25, 0.3) is 0 Å². The van der Waals surface area contributed by atoms with Crippen LogP contribution in [0, 0.1) is 0 Å². The van der Waals surface area contributed by atoms with Crippen molar-refractivity contribution in [3.63, 3.8) is 0 Å². The molecule has 1 fully saturated rings. The summed E-state index contributed by atoms with van der Waals surface area (Å²) in [5.74, 6) is -0.196. The Bertz CT molecular complexity index is 394. The standard InChI is InChI=1S/C9H15N5O3/c1-13-11-8(10-12-13)6-14-2-3-17-7(5-14)4-9(15)16/h7H,2-6H2,1H3,(H,15,16). The zero-order valence-electron chi connectivity index (χ0n) is 9.61. The number of carboxylic acid groups (broad SMARTS) is 1. The highest BCUT2D eigenvalue weighted by Crippen LogP contribution is 2.10. The Morgan fingerprint density at radius 3 is 3.12 bits per heavy atom. The topological polar surface area (TPSA) is 93.4 Å². The van der Waals surface area contributed by atoms with Gasteiger partial charge < -0.3 is 9.84 Å². The molecule has 1 aromatic rings. The van der Waals surface area contributed by atoms with Crippen molar-refractivity contribution in [1.82, 2.24) is 25.1 Å². The maximum atomic E-state index is 10.6. The Balaban J connectivity index is 1.87. The van der Waals surface area contributed by atoms with Crippen LogP contribution in [0.1, 0.15) is 12.2 Å². The largest absolute Gasteiger partial charge is 0.481 e. The minimum Gasteiger partial charge on any atom is -0.481 e. The Labute approximate surface area is 98.2 Å². The monoisotopic (exact) mass is 241 g/mol. The van der Waals surface area contributed by atoms with Crippen LogP contribution >= 0.6 is 0 Å². The highest BCUT2D eigenvalue weighted by atomic mass is 16.5. The van der Waals surface area contributed by atoms with Crippen molar-refractivity contribution in [2.75, 3.05) is 19.7 Å². The molecule has 0 amide bonds. The highest BCUT2D eigenvalue weighted by molar-refractivity contribution is 5.67. The Morgan fingerprint density at radius 1 is 1.65 bits per heavy atom. The lowest BCUT2D eigenvalue weighted by Crippen LogP contribution is -2.42. The quantitative estimate of drug-likeness (QED) is 0.714. The second-order valence-electron chi connectivity index (χ2n) is 4.02. The van der Waals surface area contributed by atoms with E-state index in [2.05, 4.69) is 20.3 Å². The van der Waals surface area contributed by atoms with Gasteiger partial charge in [0.15, 0.2) is 5.82 Å². The van der Waals surface area contributed by atoms with E-state index in [1.807, 2.05) is 0 Å². The van der Waals surface area contributed by atoms with E-state index >= 15 is 0 Å². The summed E-state index contributed by atoms with van der Waals surface area (Å²) >= 11 is 0. The zero-order valence-corrected chi connectivity index (χ0v) is 9.61. The Hall–Kier alpha value is -1.54. The predicted octanol–water partition coefficient (Wildman–Crippen LogP) is -1.11. The van der Waals surface area contributed by atoms with Crippen LogP contribution in [0.2, 0.25) is 0 Å². The van der Waals surface area contributed by atoms with Crippen molar-refractivity contribution in [2.45, 2.75) is 19.1 Å². The lowest BCUT2D eigenvalue weighted by atomic mass is 10.2. The average molecular weight is 241 g/mol. The molecule has 1 atom stereocenters. The van der Waals surface area contributed by atoms with Crippen LogP contribution < -0.4 is 0 Å². The van der Waals surface area contributed by atoms with E-state index in [9.17, 15) is 4.79 Å². The molecule has 8 heteroatoms. The molecule has 2 heterocycles.